The number of hydrogen-bond acceptors (Lipinski definition) is 2. The molecule has 0 aliphatic rings. The second kappa shape index (κ2) is 6.10. The highest BCUT2D eigenvalue weighted by atomic mass is 19.1. The molecule has 0 fully saturated rings. The average Bonchev–Trinajstić information content (AvgIpc) is 2.25. The third kappa shape index (κ3) is 4.95. The van der Waals surface area contributed by atoms with Crippen LogP contribution in [0.25, 0.3) is 0 Å². The van der Waals surface area contributed by atoms with Crippen LogP contribution in [-0.2, 0) is 11.2 Å². The van der Waals surface area contributed by atoms with E-state index in [0.717, 1.165) is 6.07 Å². The maximum atomic E-state index is 13.0. The van der Waals surface area contributed by atoms with Crippen molar-refractivity contribution in [1.82, 2.24) is 5.32 Å². The van der Waals surface area contributed by atoms with Gasteiger partial charge in [0.2, 0.25) is 5.91 Å². The summed E-state index contributed by atoms with van der Waals surface area (Å²) >= 11 is 0. The standard InChI is InChI=1S/C14H20F2N2O/c1-14(2,3)12(17)13(19)18-5-4-9-6-10(15)8-11(16)7-9/h6-8,12H,4-5,17H2,1-3H3,(H,18,19)/t12-/m0/s1. The van der Waals surface area contributed by atoms with Gasteiger partial charge in [0, 0.05) is 12.6 Å². The van der Waals surface area contributed by atoms with Gasteiger partial charge in [-0.25, -0.2) is 8.78 Å². The molecule has 1 atom stereocenters. The number of nitrogens with one attached hydrogen (secondary N) is 1. The first kappa shape index (κ1) is 15.6. The number of carbonyl (C=O) groups excluding carboxylic acids is 1. The highest BCUT2D eigenvalue weighted by Crippen LogP contribution is 2.17. The van der Waals surface area contributed by atoms with Gasteiger partial charge in [-0.15, -0.1) is 0 Å². The van der Waals surface area contributed by atoms with E-state index in [4.69, 9.17) is 5.73 Å². The zero-order valence-corrected chi connectivity index (χ0v) is 11.5. The van der Waals surface area contributed by atoms with Crippen LogP contribution in [0, 0.1) is 17.0 Å². The summed E-state index contributed by atoms with van der Waals surface area (Å²) in [5.41, 5.74) is 5.97. The molecule has 1 rings (SSSR count). The van der Waals surface area contributed by atoms with Gasteiger partial charge >= 0.3 is 0 Å². The van der Waals surface area contributed by atoms with Gasteiger partial charge in [-0.05, 0) is 29.5 Å². The minimum atomic E-state index is -0.618. The molecule has 19 heavy (non-hydrogen) atoms. The topological polar surface area (TPSA) is 55.1 Å². The molecule has 106 valence electrons. The maximum absolute atomic E-state index is 13.0. The Balaban J connectivity index is 2.48. The van der Waals surface area contributed by atoms with Crippen molar-refractivity contribution in [3.8, 4) is 0 Å². The van der Waals surface area contributed by atoms with E-state index in [0.29, 0.717) is 18.5 Å². The van der Waals surface area contributed by atoms with E-state index in [9.17, 15) is 13.6 Å². The summed E-state index contributed by atoms with van der Waals surface area (Å²) in [6.45, 7) is 5.92. The highest BCUT2D eigenvalue weighted by molar-refractivity contribution is 5.82. The number of rotatable bonds is 4. The van der Waals surface area contributed by atoms with Crippen molar-refractivity contribution in [2.24, 2.45) is 11.1 Å². The summed E-state index contributed by atoms with van der Waals surface area (Å²) in [4.78, 5) is 11.7. The largest absolute Gasteiger partial charge is 0.354 e. The van der Waals surface area contributed by atoms with Gasteiger partial charge in [0.1, 0.15) is 11.6 Å². The molecule has 0 aliphatic heterocycles. The summed E-state index contributed by atoms with van der Waals surface area (Å²) in [5.74, 6) is -1.50. The Morgan fingerprint density at radius 1 is 1.26 bits per heavy atom. The van der Waals surface area contributed by atoms with E-state index in [2.05, 4.69) is 5.32 Å². The molecule has 1 aromatic carbocycles. The minimum absolute atomic E-state index is 0.260. The molecule has 0 bridgehead atoms. The lowest BCUT2D eigenvalue weighted by molar-refractivity contribution is -0.124. The van der Waals surface area contributed by atoms with Crippen molar-refractivity contribution in [3.63, 3.8) is 0 Å². The lowest BCUT2D eigenvalue weighted by Gasteiger charge is -2.25. The first-order valence-corrected chi connectivity index (χ1v) is 6.18. The number of benzene rings is 1. The zero-order chi connectivity index (χ0) is 14.6. The van der Waals surface area contributed by atoms with E-state index < -0.39 is 17.7 Å². The normalized spacial score (nSPS) is 13.2. The lowest BCUT2D eigenvalue weighted by atomic mass is 9.87. The van der Waals surface area contributed by atoms with Crippen LogP contribution in [0.15, 0.2) is 18.2 Å². The molecule has 1 aromatic rings. The quantitative estimate of drug-likeness (QED) is 0.879. The van der Waals surface area contributed by atoms with Crippen molar-refractivity contribution in [1.29, 1.82) is 0 Å². The van der Waals surface area contributed by atoms with Gasteiger partial charge < -0.3 is 11.1 Å². The van der Waals surface area contributed by atoms with Gasteiger partial charge in [0.25, 0.3) is 0 Å². The Hall–Kier alpha value is -1.49. The monoisotopic (exact) mass is 270 g/mol. The molecule has 0 saturated carbocycles. The second-order valence-corrected chi connectivity index (χ2v) is 5.66. The van der Waals surface area contributed by atoms with Crippen molar-refractivity contribution in [2.45, 2.75) is 33.2 Å². The number of amides is 1. The van der Waals surface area contributed by atoms with Crippen LogP contribution in [0.2, 0.25) is 0 Å². The van der Waals surface area contributed by atoms with Gasteiger partial charge in [-0.1, -0.05) is 20.8 Å². The third-order valence-corrected chi connectivity index (χ3v) is 2.85. The van der Waals surface area contributed by atoms with E-state index in [-0.39, 0.29) is 11.3 Å². The fourth-order valence-corrected chi connectivity index (χ4v) is 1.59. The van der Waals surface area contributed by atoms with E-state index >= 15 is 0 Å². The van der Waals surface area contributed by atoms with Crippen LogP contribution in [-0.4, -0.2) is 18.5 Å². The Labute approximate surface area is 112 Å². The molecule has 5 heteroatoms. The van der Waals surface area contributed by atoms with Crippen molar-refractivity contribution < 1.29 is 13.6 Å². The summed E-state index contributed by atoms with van der Waals surface area (Å²) in [7, 11) is 0. The Morgan fingerprint density at radius 3 is 2.26 bits per heavy atom. The smallest absolute Gasteiger partial charge is 0.237 e. The molecular weight excluding hydrogens is 250 g/mol. The Morgan fingerprint density at radius 2 is 1.79 bits per heavy atom. The number of halogens is 2. The second-order valence-electron chi connectivity index (χ2n) is 5.66. The number of carbonyl (C=O) groups is 1. The molecule has 0 heterocycles. The predicted molar refractivity (Wildman–Crippen MR) is 70.5 cm³/mol. The van der Waals surface area contributed by atoms with Gasteiger partial charge in [-0.3, -0.25) is 4.79 Å². The predicted octanol–water partition coefficient (Wildman–Crippen LogP) is 2.00. The molecule has 3 nitrogen and oxygen atoms in total. The Kier molecular flexibility index (Phi) is 5.00. The molecule has 1 amide bonds. The highest BCUT2D eigenvalue weighted by Gasteiger charge is 2.26. The van der Waals surface area contributed by atoms with E-state index in [1.165, 1.54) is 12.1 Å². The molecule has 0 saturated heterocycles. The number of nitrogens with two attached hydrogens (primary N) is 1. The molecule has 3 N–H and O–H groups in total. The summed E-state index contributed by atoms with van der Waals surface area (Å²) in [5, 5.41) is 2.67. The van der Waals surface area contributed by atoms with Crippen molar-refractivity contribution in [2.75, 3.05) is 6.54 Å². The van der Waals surface area contributed by atoms with Crippen molar-refractivity contribution in [3.05, 3.63) is 35.4 Å². The van der Waals surface area contributed by atoms with Crippen LogP contribution in [0.4, 0.5) is 8.78 Å². The fourth-order valence-electron chi connectivity index (χ4n) is 1.59. The lowest BCUT2D eigenvalue weighted by Crippen LogP contribution is -2.48. The van der Waals surface area contributed by atoms with E-state index in [1.54, 1.807) is 0 Å². The first-order chi connectivity index (χ1) is 8.70. The molecule has 0 radical (unpaired) electrons. The summed E-state index contributed by atoms with van der Waals surface area (Å²) < 4.78 is 25.9. The number of hydrogen-bond donors (Lipinski definition) is 2. The molecule has 0 aliphatic carbocycles. The fraction of sp³-hybridized carbons (Fsp3) is 0.500. The third-order valence-electron chi connectivity index (χ3n) is 2.85. The van der Waals surface area contributed by atoms with Gasteiger partial charge in [0.15, 0.2) is 0 Å². The van der Waals surface area contributed by atoms with Crippen molar-refractivity contribution >= 4 is 5.91 Å². The maximum Gasteiger partial charge on any atom is 0.237 e. The Bertz CT molecular complexity index is 435. The molecular formula is C14H20F2N2O. The zero-order valence-electron chi connectivity index (χ0n) is 11.5. The van der Waals surface area contributed by atoms with Gasteiger partial charge in [-0.2, -0.15) is 0 Å². The first-order valence-electron chi connectivity index (χ1n) is 6.18. The molecule has 0 spiro atoms. The molecule has 0 unspecified atom stereocenters. The average molecular weight is 270 g/mol. The summed E-state index contributed by atoms with van der Waals surface area (Å²) in [6.07, 6.45) is 0.358. The van der Waals surface area contributed by atoms with Crippen LogP contribution < -0.4 is 11.1 Å². The summed E-state index contributed by atoms with van der Waals surface area (Å²) in [6, 6.07) is 2.70. The van der Waals surface area contributed by atoms with Crippen LogP contribution >= 0.6 is 0 Å². The minimum Gasteiger partial charge on any atom is -0.354 e. The SMILES string of the molecule is CC(C)(C)[C@@H](N)C(=O)NCCc1cc(F)cc(F)c1. The van der Waals surface area contributed by atoms with Gasteiger partial charge in [0.05, 0.1) is 6.04 Å². The van der Waals surface area contributed by atoms with E-state index in [1.807, 2.05) is 20.8 Å². The van der Waals surface area contributed by atoms with Crippen LogP contribution in [0.1, 0.15) is 26.3 Å². The van der Waals surface area contributed by atoms with Crippen LogP contribution in [0.5, 0.6) is 0 Å². The molecule has 0 aromatic heterocycles. The van der Waals surface area contributed by atoms with Crippen LogP contribution in [0.3, 0.4) is 0 Å².